The van der Waals surface area contributed by atoms with E-state index in [0.29, 0.717) is 0 Å². The van der Waals surface area contributed by atoms with E-state index in [0.717, 1.165) is 21.6 Å². The predicted molar refractivity (Wildman–Crippen MR) is 73.9 cm³/mol. The Morgan fingerprint density at radius 2 is 2.00 bits per heavy atom. The second kappa shape index (κ2) is 5.25. The van der Waals surface area contributed by atoms with E-state index in [2.05, 4.69) is 56.5 Å². The molecule has 0 aliphatic heterocycles. The van der Waals surface area contributed by atoms with Crippen molar-refractivity contribution in [3.63, 3.8) is 0 Å². The minimum Gasteiger partial charge on any atom is -0.326 e. The lowest BCUT2D eigenvalue weighted by Crippen LogP contribution is -2.18. The van der Waals surface area contributed by atoms with Crippen molar-refractivity contribution in [2.75, 3.05) is 11.4 Å². The molecule has 0 unspecified atom stereocenters. The molecule has 0 fully saturated rings. The molecule has 1 heterocycles. The Labute approximate surface area is 109 Å². The van der Waals surface area contributed by atoms with Gasteiger partial charge in [0.1, 0.15) is 12.1 Å². The van der Waals surface area contributed by atoms with Crippen LogP contribution in [0.5, 0.6) is 0 Å². The van der Waals surface area contributed by atoms with E-state index >= 15 is 0 Å². The third-order valence-corrected chi connectivity index (χ3v) is 3.05. The smallest absolute Gasteiger partial charge is 0.149 e. The molecule has 4 heteroatoms. The van der Waals surface area contributed by atoms with Crippen molar-refractivity contribution in [3.8, 4) is 0 Å². The first-order valence-corrected chi connectivity index (χ1v) is 6.19. The van der Waals surface area contributed by atoms with Crippen LogP contribution in [0.4, 0.5) is 11.5 Å². The van der Waals surface area contributed by atoms with Crippen LogP contribution in [0.25, 0.3) is 0 Å². The van der Waals surface area contributed by atoms with Gasteiger partial charge in [-0.2, -0.15) is 0 Å². The van der Waals surface area contributed by atoms with Crippen molar-refractivity contribution in [2.45, 2.75) is 6.92 Å². The summed E-state index contributed by atoms with van der Waals surface area (Å²) in [6, 6.07) is 10.3. The van der Waals surface area contributed by atoms with Gasteiger partial charge in [-0.25, -0.2) is 9.97 Å². The average Bonchev–Trinajstić information content (AvgIpc) is 2.34. The maximum Gasteiger partial charge on any atom is 0.149 e. The van der Waals surface area contributed by atoms with Crippen LogP contribution in [-0.4, -0.2) is 16.5 Å². The Hall–Kier alpha value is -1.17. The summed E-state index contributed by atoms with van der Waals surface area (Å²) in [5, 5.41) is 0. The highest BCUT2D eigenvalue weighted by Gasteiger charge is 2.11. The standard InChI is InChI=1S/C12H12IN3/c1-2-16(10-6-4-3-5-7-10)12-11(13)8-14-9-15-12/h3-9H,2H2,1H3. The number of anilines is 2. The minimum absolute atomic E-state index is 0.886. The molecule has 16 heavy (non-hydrogen) atoms. The summed E-state index contributed by atoms with van der Waals surface area (Å²) < 4.78 is 1.06. The molecular weight excluding hydrogens is 313 g/mol. The second-order valence-electron chi connectivity index (χ2n) is 3.27. The lowest BCUT2D eigenvalue weighted by Gasteiger charge is -2.22. The van der Waals surface area contributed by atoms with E-state index in [1.807, 2.05) is 24.4 Å². The Bertz CT molecular complexity index is 459. The summed E-state index contributed by atoms with van der Waals surface area (Å²) in [6.07, 6.45) is 3.41. The van der Waals surface area contributed by atoms with Crippen molar-refractivity contribution in [1.29, 1.82) is 0 Å². The third kappa shape index (κ3) is 2.32. The van der Waals surface area contributed by atoms with Crippen molar-refractivity contribution in [2.24, 2.45) is 0 Å². The van der Waals surface area contributed by atoms with Crippen molar-refractivity contribution < 1.29 is 0 Å². The van der Waals surface area contributed by atoms with E-state index in [9.17, 15) is 0 Å². The number of hydrogen-bond acceptors (Lipinski definition) is 3. The van der Waals surface area contributed by atoms with Crippen LogP contribution in [0.2, 0.25) is 0 Å². The Morgan fingerprint density at radius 1 is 1.25 bits per heavy atom. The molecular formula is C12H12IN3. The van der Waals surface area contributed by atoms with Crippen LogP contribution >= 0.6 is 22.6 Å². The van der Waals surface area contributed by atoms with E-state index in [1.165, 1.54) is 0 Å². The molecule has 0 N–H and O–H groups in total. The Balaban J connectivity index is 2.41. The summed E-state index contributed by atoms with van der Waals surface area (Å²) in [5.41, 5.74) is 1.15. The largest absolute Gasteiger partial charge is 0.326 e. The Morgan fingerprint density at radius 3 is 2.62 bits per heavy atom. The highest BCUT2D eigenvalue weighted by molar-refractivity contribution is 14.1. The van der Waals surface area contributed by atoms with Gasteiger partial charge in [-0.1, -0.05) is 18.2 Å². The lowest BCUT2D eigenvalue weighted by atomic mass is 10.3. The van der Waals surface area contributed by atoms with Gasteiger partial charge in [-0.05, 0) is 41.6 Å². The third-order valence-electron chi connectivity index (χ3n) is 2.29. The fraction of sp³-hybridized carbons (Fsp3) is 0.167. The van der Waals surface area contributed by atoms with Gasteiger partial charge in [-0.15, -0.1) is 0 Å². The fourth-order valence-corrected chi connectivity index (χ4v) is 2.16. The Kier molecular flexibility index (Phi) is 3.71. The van der Waals surface area contributed by atoms with Gasteiger partial charge in [0.2, 0.25) is 0 Å². The van der Waals surface area contributed by atoms with Gasteiger partial charge >= 0.3 is 0 Å². The molecule has 2 aromatic rings. The molecule has 0 aliphatic rings. The van der Waals surface area contributed by atoms with Crippen molar-refractivity contribution >= 4 is 34.1 Å². The molecule has 3 nitrogen and oxygen atoms in total. The molecule has 82 valence electrons. The summed E-state index contributed by atoms with van der Waals surface area (Å²) in [6.45, 7) is 3.00. The number of para-hydroxylation sites is 1. The van der Waals surface area contributed by atoms with Gasteiger partial charge in [0.05, 0.1) is 3.57 Å². The molecule has 0 atom stereocenters. The first-order chi connectivity index (χ1) is 7.83. The molecule has 0 bridgehead atoms. The maximum atomic E-state index is 4.33. The summed E-state index contributed by atoms with van der Waals surface area (Å²) in [4.78, 5) is 10.5. The first kappa shape index (κ1) is 11.3. The van der Waals surface area contributed by atoms with Crippen LogP contribution in [0.3, 0.4) is 0 Å². The highest BCUT2D eigenvalue weighted by atomic mass is 127. The normalized spacial score (nSPS) is 10.1. The summed E-state index contributed by atoms with van der Waals surface area (Å²) in [5.74, 6) is 0.962. The van der Waals surface area contributed by atoms with E-state index in [-0.39, 0.29) is 0 Å². The molecule has 0 spiro atoms. The zero-order valence-electron chi connectivity index (χ0n) is 8.97. The molecule has 0 saturated carbocycles. The van der Waals surface area contributed by atoms with E-state index in [1.54, 1.807) is 6.33 Å². The zero-order chi connectivity index (χ0) is 11.4. The van der Waals surface area contributed by atoms with Crippen LogP contribution < -0.4 is 4.90 Å². The number of benzene rings is 1. The molecule has 1 aromatic carbocycles. The number of rotatable bonds is 3. The van der Waals surface area contributed by atoms with Gasteiger partial charge in [0, 0.05) is 18.4 Å². The maximum absolute atomic E-state index is 4.33. The van der Waals surface area contributed by atoms with Gasteiger partial charge < -0.3 is 4.90 Å². The SMILES string of the molecule is CCN(c1ccccc1)c1ncncc1I. The number of nitrogens with zero attached hydrogens (tertiary/aromatic N) is 3. The molecule has 0 aliphatic carbocycles. The minimum atomic E-state index is 0.886. The second-order valence-corrected chi connectivity index (χ2v) is 4.44. The average molecular weight is 325 g/mol. The number of halogens is 1. The van der Waals surface area contributed by atoms with Gasteiger partial charge in [0.15, 0.2) is 0 Å². The van der Waals surface area contributed by atoms with Crippen LogP contribution in [0.1, 0.15) is 6.92 Å². The van der Waals surface area contributed by atoms with Gasteiger partial charge in [-0.3, -0.25) is 0 Å². The zero-order valence-corrected chi connectivity index (χ0v) is 11.1. The topological polar surface area (TPSA) is 29.0 Å². The molecule has 0 saturated heterocycles. The number of hydrogen-bond donors (Lipinski definition) is 0. The first-order valence-electron chi connectivity index (χ1n) is 5.11. The molecule has 2 rings (SSSR count). The number of aromatic nitrogens is 2. The van der Waals surface area contributed by atoms with Crippen molar-refractivity contribution in [1.82, 2.24) is 9.97 Å². The van der Waals surface area contributed by atoms with Crippen LogP contribution in [-0.2, 0) is 0 Å². The van der Waals surface area contributed by atoms with E-state index in [4.69, 9.17) is 0 Å². The molecule has 0 amide bonds. The summed E-state index contributed by atoms with van der Waals surface area (Å²) >= 11 is 2.26. The highest BCUT2D eigenvalue weighted by Crippen LogP contribution is 2.26. The summed E-state index contributed by atoms with van der Waals surface area (Å²) in [7, 11) is 0. The van der Waals surface area contributed by atoms with Crippen LogP contribution in [0.15, 0.2) is 42.9 Å². The lowest BCUT2D eigenvalue weighted by molar-refractivity contribution is 0.968. The quantitative estimate of drug-likeness (QED) is 0.812. The van der Waals surface area contributed by atoms with Gasteiger partial charge in [0.25, 0.3) is 0 Å². The predicted octanol–water partition coefficient (Wildman–Crippen LogP) is 3.24. The van der Waals surface area contributed by atoms with E-state index < -0.39 is 0 Å². The molecule has 0 radical (unpaired) electrons. The monoisotopic (exact) mass is 325 g/mol. The fourth-order valence-electron chi connectivity index (χ4n) is 1.57. The molecule has 1 aromatic heterocycles. The van der Waals surface area contributed by atoms with Crippen LogP contribution in [0, 0.1) is 3.57 Å². The van der Waals surface area contributed by atoms with Crippen molar-refractivity contribution in [3.05, 3.63) is 46.4 Å².